The number of thiophene rings is 1. The van der Waals surface area contributed by atoms with Crippen molar-refractivity contribution in [3.05, 3.63) is 40.8 Å². The summed E-state index contributed by atoms with van der Waals surface area (Å²) in [5.41, 5.74) is 0.200. The predicted molar refractivity (Wildman–Crippen MR) is 95.0 cm³/mol. The van der Waals surface area contributed by atoms with Gasteiger partial charge in [0.15, 0.2) is 6.10 Å². The number of esters is 1. The molecule has 0 aliphatic carbocycles. The Kier molecular flexibility index (Phi) is 5.63. The number of rotatable bonds is 4. The second-order valence-electron chi connectivity index (χ2n) is 6.47. The molecule has 0 radical (unpaired) electrons. The molecule has 0 saturated carbocycles. The van der Waals surface area contributed by atoms with Gasteiger partial charge in [-0.05, 0) is 51.3 Å². The number of nitrogens with one attached hydrogen (secondary N) is 2. The maximum atomic E-state index is 12.3. The summed E-state index contributed by atoms with van der Waals surface area (Å²) in [4.78, 5) is 36.4. The van der Waals surface area contributed by atoms with Crippen molar-refractivity contribution in [2.24, 2.45) is 0 Å². The van der Waals surface area contributed by atoms with Crippen molar-refractivity contribution in [1.29, 1.82) is 0 Å². The second-order valence-corrected chi connectivity index (χ2v) is 7.38. The molecule has 7 nitrogen and oxygen atoms in total. The number of ether oxygens (including phenoxy) is 1. The number of hydrogen-bond acceptors (Lipinski definition) is 5. The third-order valence-electron chi connectivity index (χ3n) is 3.09. The van der Waals surface area contributed by atoms with Gasteiger partial charge in [0, 0.05) is 17.9 Å². The fraction of sp³-hybridized carbons (Fsp3) is 0.353. The Labute approximate surface area is 150 Å². The zero-order valence-electron chi connectivity index (χ0n) is 14.5. The van der Waals surface area contributed by atoms with E-state index in [4.69, 9.17) is 4.74 Å². The number of carbonyl (C=O) groups excluding carboxylic acids is 3. The van der Waals surface area contributed by atoms with E-state index in [0.717, 1.165) is 0 Å². The van der Waals surface area contributed by atoms with E-state index in [1.54, 1.807) is 36.8 Å². The molecule has 0 spiro atoms. The number of hydrogen-bond donors (Lipinski definition) is 2. The van der Waals surface area contributed by atoms with Crippen molar-refractivity contribution in [1.82, 2.24) is 15.2 Å². The van der Waals surface area contributed by atoms with Crippen molar-refractivity contribution in [3.8, 4) is 5.69 Å². The maximum Gasteiger partial charge on any atom is 0.351 e. The molecule has 0 aliphatic heterocycles. The number of imide groups is 1. The first-order valence-corrected chi connectivity index (χ1v) is 8.60. The van der Waals surface area contributed by atoms with E-state index >= 15 is 0 Å². The molecule has 25 heavy (non-hydrogen) atoms. The first-order chi connectivity index (χ1) is 11.7. The van der Waals surface area contributed by atoms with Gasteiger partial charge in [-0.25, -0.2) is 9.59 Å². The van der Waals surface area contributed by atoms with Gasteiger partial charge in [-0.15, -0.1) is 11.3 Å². The lowest BCUT2D eigenvalue weighted by Crippen LogP contribution is -2.50. The smallest absolute Gasteiger partial charge is 0.351 e. The van der Waals surface area contributed by atoms with Crippen LogP contribution in [-0.2, 0) is 9.53 Å². The van der Waals surface area contributed by atoms with Crippen LogP contribution in [0.15, 0.2) is 36.0 Å². The third kappa shape index (κ3) is 5.18. The van der Waals surface area contributed by atoms with Gasteiger partial charge in [0.05, 0.1) is 5.69 Å². The summed E-state index contributed by atoms with van der Waals surface area (Å²) < 4.78 is 6.98. The topological polar surface area (TPSA) is 89.4 Å². The van der Waals surface area contributed by atoms with E-state index in [0.29, 0.717) is 10.6 Å². The van der Waals surface area contributed by atoms with Gasteiger partial charge in [0.25, 0.3) is 5.91 Å². The molecule has 0 aliphatic rings. The number of aromatic nitrogens is 1. The Morgan fingerprint density at radius 2 is 1.84 bits per heavy atom. The highest BCUT2D eigenvalue weighted by molar-refractivity contribution is 7.12. The Balaban J connectivity index is 1.98. The molecule has 2 rings (SSSR count). The Bertz CT molecular complexity index is 759. The minimum atomic E-state index is -1.10. The predicted octanol–water partition coefficient (Wildman–Crippen LogP) is 2.71. The van der Waals surface area contributed by atoms with Gasteiger partial charge in [-0.3, -0.25) is 10.1 Å². The van der Waals surface area contributed by atoms with Crippen LogP contribution in [0.2, 0.25) is 0 Å². The van der Waals surface area contributed by atoms with Gasteiger partial charge >= 0.3 is 12.0 Å². The maximum absolute atomic E-state index is 12.3. The van der Waals surface area contributed by atoms with E-state index in [1.165, 1.54) is 18.3 Å². The molecule has 1 atom stereocenters. The van der Waals surface area contributed by atoms with E-state index in [2.05, 4.69) is 10.6 Å². The van der Waals surface area contributed by atoms with Crippen molar-refractivity contribution in [2.75, 3.05) is 0 Å². The SMILES string of the molecule is C[C@H](OC(=O)c1sccc1-n1cccc1)C(=O)NC(=O)NC(C)(C)C. The monoisotopic (exact) mass is 363 g/mol. The summed E-state index contributed by atoms with van der Waals surface area (Å²) in [7, 11) is 0. The molecule has 2 N–H and O–H groups in total. The van der Waals surface area contributed by atoms with Crippen LogP contribution in [0.4, 0.5) is 4.79 Å². The molecule has 2 aromatic heterocycles. The molecule has 2 heterocycles. The lowest BCUT2D eigenvalue weighted by molar-refractivity contribution is -0.127. The highest BCUT2D eigenvalue weighted by atomic mass is 32.1. The van der Waals surface area contributed by atoms with Gasteiger partial charge in [-0.1, -0.05) is 0 Å². The van der Waals surface area contributed by atoms with E-state index in [-0.39, 0.29) is 0 Å². The molecule has 134 valence electrons. The van der Waals surface area contributed by atoms with Gasteiger partial charge < -0.3 is 14.6 Å². The van der Waals surface area contributed by atoms with Crippen LogP contribution in [0.3, 0.4) is 0 Å². The molecule has 0 saturated heterocycles. The summed E-state index contributed by atoms with van der Waals surface area (Å²) in [6.45, 7) is 6.79. The highest BCUT2D eigenvalue weighted by Gasteiger charge is 2.24. The van der Waals surface area contributed by atoms with E-state index < -0.39 is 29.6 Å². The van der Waals surface area contributed by atoms with Crippen LogP contribution in [0.5, 0.6) is 0 Å². The second kappa shape index (κ2) is 7.52. The molecule has 8 heteroatoms. The molecule has 0 aromatic carbocycles. The van der Waals surface area contributed by atoms with Crippen LogP contribution >= 0.6 is 11.3 Å². The molecular weight excluding hydrogens is 342 g/mol. The largest absolute Gasteiger partial charge is 0.448 e. The van der Waals surface area contributed by atoms with E-state index in [9.17, 15) is 14.4 Å². The van der Waals surface area contributed by atoms with Crippen LogP contribution < -0.4 is 10.6 Å². The average Bonchev–Trinajstić information content (AvgIpc) is 3.15. The van der Waals surface area contributed by atoms with Crippen molar-refractivity contribution in [3.63, 3.8) is 0 Å². The molecule has 2 aromatic rings. The van der Waals surface area contributed by atoms with E-state index in [1.807, 2.05) is 24.5 Å². The first-order valence-electron chi connectivity index (χ1n) is 7.72. The normalized spacial score (nSPS) is 12.3. The lowest BCUT2D eigenvalue weighted by Gasteiger charge is -2.21. The summed E-state index contributed by atoms with van der Waals surface area (Å²) in [6, 6.07) is 4.85. The van der Waals surface area contributed by atoms with Crippen molar-refractivity contribution < 1.29 is 19.1 Å². The van der Waals surface area contributed by atoms with Crippen LogP contribution in [0.1, 0.15) is 37.4 Å². The van der Waals surface area contributed by atoms with Crippen molar-refractivity contribution in [2.45, 2.75) is 39.3 Å². The summed E-state index contributed by atoms with van der Waals surface area (Å²) in [6.07, 6.45) is 2.52. The number of nitrogens with zero attached hydrogens (tertiary/aromatic N) is 1. The minimum absolute atomic E-state index is 0.384. The fourth-order valence-corrected chi connectivity index (χ4v) is 2.78. The number of amides is 3. The molecule has 0 fully saturated rings. The van der Waals surface area contributed by atoms with Gasteiger partial charge in [0.1, 0.15) is 4.88 Å². The van der Waals surface area contributed by atoms with Crippen LogP contribution in [0.25, 0.3) is 5.69 Å². The molecular formula is C17H21N3O4S. The quantitative estimate of drug-likeness (QED) is 0.818. The zero-order chi connectivity index (χ0) is 18.6. The summed E-state index contributed by atoms with van der Waals surface area (Å²) in [5, 5.41) is 6.53. The molecule has 3 amide bonds. The Morgan fingerprint density at radius 1 is 1.20 bits per heavy atom. The van der Waals surface area contributed by atoms with Crippen molar-refractivity contribution >= 4 is 29.2 Å². The molecule has 0 unspecified atom stereocenters. The first kappa shape index (κ1) is 18.7. The van der Waals surface area contributed by atoms with Crippen LogP contribution in [0, 0.1) is 0 Å². The van der Waals surface area contributed by atoms with Gasteiger partial charge in [-0.2, -0.15) is 0 Å². The minimum Gasteiger partial charge on any atom is -0.448 e. The van der Waals surface area contributed by atoms with Gasteiger partial charge in [0.2, 0.25) is 0 Å². The average molecular weight is 363 g/mol. The Hall–Kier alpha value is -2.61. The lowest BCUT2D eigenvalue weighted by atomic mass is 10.1. The number of urea groups is 1. The number of carbonyl (C=O) groups is 3. The fourth-order valence-electron chi connectivity index (χ4n) is 2.01. The Morgan fingerprint density at radius 3 is 2.44 bits per heavy atom. The third-order valence-corrected chi connectivity index (χ3v) is 3.97. The summed E-state index contributed by atoms with van der Waals surface area (Å²) in [5.74, 6) is -1.30. The van der Waals surface area contributed by atoms with Crippen LogP contribution in [-0.4, -0.2) is 34.1 Å². The standard InChI is InChI=1S/C17H21N3O4S/c1-11(14(21)18-16(23)19-17(2,3)4)24-15(22)13-12(7-10-25-13)20-8-5-6-9-20/h5-11H,1-4H3,(H2,18,19,21,23)/t11-/m0/s1. The zero-order valence-corrected chi connectivity index (χ0v) is 15.3. The summed E-state index contributed by atoms with van der Waals surface area (Å²) >= 11 is 1.23. The molecule has 0 bridgehead atoms. The highest BCUT2D eigenvalue weighted by Crippen LogP contribution is 2.22.